The van der Waals surface area contributed by atoms with Gasteiger partial charge < -0.3 is 8.23 Å². The molecule has 0 spiro atoms. The highest BCUT2D eigenvalue weighted by Gasteiger charge is 2.31. The first kappa shape index (κ1) is 16.4. The first-order valence-electron chi connectivity index (χ1n) is 7.43. The molecule has 2 aromatic rings. The molecule has 0 saturated heterocycles. The molecule has 0 aliphatic carbocycles. The second-order valence-corrected chi connectivity index (χ2v) is 15.0. The Balaban J connectivity index is 2.22. The van der Waals surface area contributed by atoms with Gasteiger partial charge >= 0.3 is 9.28 Å². The molecule has 1 atom stereocenters. The molecule has 0 aromatic heterocycles. The summed E-state index contributed by atoms with van der Waals surface area (Å²) in [6, 6.07) is 21.0. The highest BCUT2D eigenvalue weighted by Crippen LogP contribution is 2.09. The summed E-state index contributed by atoms with van der Waals surface area (Å²) in [7, 11) is -4.88. The molecule has 0 fully saturated rings. The number of benzene rings is 2. The van der Waals surface area contributed by atoms with E-state index in [0.717, 1.165) is 0 Å². The molecular weight excluding hydrogens is 308 g/mol. The molecule has 0 aliphatic rings. The summed E-state index contributed by atoms with van der Waals surface area (Å²) in [5.74, 6) is 0. The van der Waals surface area contributed by atoms with E-state index in [0.29, 0.717) is 0 Å². The van der Waals surface area contributed by atoms with Crippen LogP contribution in [0, 0.1) is 0 Å². The average molecular weight is 333 g/mol. The first-order chi connectivity index (χ1) is 9.99. The second-order valence-electron chi connectivity index (χ2n) is 5.92. The standard InChI is InChI=1S/C16H24O2Si3/c1-19(2)17-20(15-11-7-5-8-12-15)18-21(3,4)16-13-9-6-10-14-16/h5-14,19-20H,1-4H3. The fourth-order valence-corrected chi connectivity index (χ4v) is 10.3. The Morgan fingerprint density at radius 1 is 0.810 bits per heavy atom. The molecule has 21 heavy (non-hydrogen) atoms. The minimum absolute atomic E-state index is 1.12. The fraction of sp³-hybridized carbons (Fsp3) is 0.250. The van der Waals surface area contributed by atoms with Gasteiger partial charge in [0.05, 0.1) is 0 Å². The van der Waals surface area contributed by atoms with Gasteiger partial charge in [0.2, 0.25) is 8.32 Å². The maximum Gasteiger partial charge on any atom is 0.335 e. The van der Waals surface area contributed by atoms with Crippen LogP contribution in [0.5, 0.6) is 0 Å². The van der Waals surface area contributed by atoms with Crippen LogP contribution in [0.1, 0.15) is 0 Å². The molecule has 0 aliphatic heterocycles. The zero-order valence-corrected chi connectivity index (χ0v) is 16.6. The lowest BCUT2D eigenvalue weighted by atomic mass is 10.4. The molecule has 2 nitrogen and oxygen atoms in total. The quantitative estimate of drug-likeness (QED) is 0.755. The summed E-state index contributed by atoms with van der Waals surface area (Å²) in [4.78, 5) is 0. The van der Waals surface area contributed by atoms with Gasteiger partial charge in [-0.2, -0.15) is 0 Å². The Morgan fingerprint density at radius 2 is 1.33 bits per heavy atom. The van der Waals surface area contributed by atoms with Gasteiger partial charge in [-0.1, -0.05) is 60.7 Å². The fourth-order valence-electron chi connectivity index (χ4n) is 2.21. The average Bonchev–Trinajstić information content (AvgIpc) is 2.48. The van der Waals surface area contributed by atoms with Crippen LogP contribution < -0.4 is 10.4 Å². The van der Waals surface area contributed by atoms with Crippen LogP contribution in [-0.4, -0.2) is 26.6 Å². The molecule has 0 radical (unpaired) electrons. The molecule has 2 rings (SSSR count). The maximum absolute atomic E-state index is 6.61. The van der Waals surface area contributed by atoms with E-state index in [1.807, 2.05) is 6.07 Å². The molecule has 0 amide bonds. The van der Waals surface area contributed by atoms with E-state index in [1.54, 1.807) is 0 Å². The smallest absolute Gasteiger partial charge is 0.335 e. The van der Waals surface area contributed by atoms with E-state index in [4.69, 9.17) is 8.23 Å². The third-order valence-electron chi connectivity index (χ3n) is 3.34. The van der Waals surface area contributed by atoms with Crippen molar-refractivity contribution in [2.75, 3.05) is 0 Å². The highest BCUT2D eigenvalue weighted by molar-refractivity contribution is 6.90. The predicted octanol–water partition coefficient (Wildman–Crippen LogP) is 2.24. The Bertz CT molecular complexity index is 544. The van der Waals surface area contributed by atoms with Crippen molar-refractivity contribution in [1.29, 1.82) is 0 Å². The highest BCUT2D eigenvalue weighted by atomic mass is 28.4. The van der Waals surface area contributed by atoms with Gasteiger partial charge in [-0.3, -0.25) is 0 Å². The van der Waals surface area contributed by atoms with Gasteiger partial charge in [0.1, 0.15) is 0 Å². The van der Waals surface area contributed by atoms with Gasteiger partial charge in [-0.05, 0) is 36.6 Å². The van der Waals surface area contributed by atoms with E-state index in [9.17, 15) is 0 Å². The van der Waals surface area contributed by atoms with Crippen LogP contribution in [0.3, 0.4) is 0 Å². The van der Waals surface area contributed by atoms with Gasteiger partial charge in [0.15, 0.2) is 9.04 Å². The Hall–Kier alpha value is -0.989. The third-order valence-corrected chi connectivity index (χ3v) is 12.4. The van der Waals surface area contributed by atoms with Gasteiger partial charge in [0, 0.05) is 0 Å². The zero-order valence-electron chi connectivity index (χ0n) is 13.2. The molecule has 0 heterocycles. The van der Waals surface area contributed by atoms with Crippen molar-refractivity contribution in [3.8, 4) is 0 Å². The van der Waals surface area contributed by atoms with Crippen LogP contribution >= 0.6 is 0 Å². The lowest BCUT2D eigenvalue weighted by Crippen LogP contribution is -2.54. The third kappa shape index (κ3) is 4.76. The van der Waals surface area contributed by atoms with Crippen molar-refractivity contribution in [1.82, 2.24) is 0 Å². The molecule has 2 aromatic carbocycles. The van der Waals surface area contributed by atoms with E-state index >= 15 is 0 Å². The minimum Gasteiger partial charge on any atom is -0.438 e. The summed E-state index contributed by atoms with van der Waals surface area (Å²) in [6.07, 6.45) is 0. The lowest BCUT2D eigenvalue weighted by molar-refractivity contribution is 0.449. The van der Waals surface area contributed by atoms with Crippen LogP contribution in [0.15, 0.2) is 60.7 Å². The summed E-state index contributed by atoms with van der Waals surface area (Å²) in [5, 5.41) is 2.57. The molecule has 0 N–H and O–H groups in total. The van der Waals surface area contributed by atoms with Crippen LogP contribution in [0.4, 0.5) is 0 Å². The van der Waals surface area contributed by atoms with Gasteiger partial charge in [-0.25, -0.2) is 0 Å². The van der Waals surface area contributed by atoms with Crippen LogP contribution in [0.25, 0.3) is 0 Å². The Kier molecular flexibility index (Phi) is 5.72. The monoisotopic (exact) mass is 332 g/mol. The van der Waals surface area contributed by atoms with Crippen molar-refractivity contribution >= 4 is 37.0 Å². The summed E-state index contributed by atoms with van der Waals surface area (Å²) in [5.41, 5.74) is 0. The van der Waals surface area contributed by atoms with Gasteiger partial charge in [-0.15, -0.1) is 0 Å². The van der Waals surface area contributed by atoms with Crippen molar-refractivity contribution in [2.24, 2.45) is 0 Å². The van der Waals surface area contributed by atoms with E-state index in [1.165, 1.54) is 10.4 Å². The molecular formula is C16H24O2Si3. The summed E-state index contributed by atoms with van der Waals surface area (Å²) in [6.45, 7) is 8.94. The zero-order chi connectivity index (χ0) is 15.3. The normalized spacial score (nSPS) is 13.4. The van der Waals surface area contributed by atoms with Crippen LogP contribution in [-0.2, 0) is 8.23 Å². The van der Waals surface area contributed by atoms with Crippen molar-refractivity contribution in [2.45, 2.75) is 26.2 Å². The van der Waals surface area contributed by atoms with E-state index < -0.39 is 26.6 Å². The largest absolute Gasteiger partial charge is 0.438 e. The van der Waals surface area contributed by atoms with Crippen molar-refractivity contribution in [3.63, 3.8) is 0 Å². The second kappa shape index (κ2) is 7.33. The molecule has 1 unspecified atom stereocenters. The van der Waals surface area contributed by atoms with Crippen molar-refractivity contribution in [3.05, 3.63) is 60.7 Å². The number of hydrogen-bond acceptors (Lipinski definition) is 2. The van der Waals surface area contributed by atoms with E-state index in [-0.39, 0.29) is 0 Å². The summed E-state index contributed by atoms with van der Waals surface area (Å²) >= 11 is 0. The molecule has 0 saturated carbocycles. The number of hydrogen-bond donors (Lipinski definition) is 0. The maximum atomic E-state index is 6.61. The first-order valence-corrected chi connectivity index (χ1v) is 14.6. The SMILES string of the molecule is C[SiH](C)O[SiH](O[Si](C)(C)c1ccccc1)c1ccccc1. The summed E-state index contributed by atoms with van der Waals surface area (Å²) < 4.78 is 12.9. The Morgan fingerprint density at radius 3 is 1.86 bits per heavy atom. The minimum atomic E-state index is -1.93. The Labute approximate surface area is 132 Å². The van der Waals surface area contributed by atoms with Crippen molar-refractivity contribution < 1.29 is 8.23 Å². The lowest BCUT2D eigenvalue weighted by Gasteiger charge is -2.30. The predicted molar refractivity (Wildman–Crippen MR) is 97.8 cm³/mol. The molecule has 112 valence electrons. The topological polar surface area (TPSA) is 18.5 Å². The molecule has 0 bridgehead atoms. The number of rotatable bonds is 6. The molecule has 5 heteroatoms. The van der Waals surface area contributed by atoms with Crippen LogP contribution in [0.2, 0.25) is 26.2 Å². The van der Waals surface area contributed by atoms with E-state index in [2.05, 4.69) is 80.8 Å². The van der Waals surface area contributed by atoms with Gasteiger partial charge in [0.25, 0.3) is 0 Å².